The number of amides is 1. The van der Waals surface area contributed by atoms with Crippen molar-refractivity contribution in [1.29, 1.82) is 0 Å². The molecule has 1 saturated carbocycles. The van der Waals surface area contributed by atoms with Crippen LogP contribution in [-0.4, -0.2) is 25.6 Å². The van der Waals surface area contributed by atoms with Gasteiger partial charge in [0.25, 0.3) is 5.91 Å². The molecule has 3 rings (SSSR count). The average molecular weight is 388 g/mol. The molecule has 0 aliphatic heterocycles. The molecule has 0 spiro atoms. The third-order valence-corrected chi connectivity index (χ3v) is 5.18. The third kappa shape index (κ3) is 4.25. The molecule has 0 heterocycles. The van der Waals surface area contributed by atoms with Gasteiger partial charge in [-0.25, -0.2) is 0 Å². The van der Waals surface area contributed by atoms with Gasteiger partial charge in [-0.1, -0.05) is 54.8 Å². The molecular formula is C21H22ClNO4. The van der Waals surface area contributed by atoms with E-state index in [0.717, 1.165) is 31.2 Å². The van der Waals surface area contributed by atoms with E-state index in [-0.39, 0.29) is 12.6 Å². The van der Waals surface area contributed by atoms with Crippen molar-refractivity contribution < 1.29 is 19.1 Å². The topological polar surface area (TPSA) is 64.6 Å². The predicted molar refractivity (Wildman–Crippen MR) is 104 cm³/mol. The van der Waals surface area contributed by atoms with Crippen molar-refractivity contribution in [1.82, 2.24) is 0 Å². The second-order valence-corrected chi connectivity index (χ2v) is 7.06. The van der Waals surface area contributed by atoms with Crippen LogP contribution in [0, 0.1) is 0 Å². The first-order valence-electron chi connectivity index (χ1n) is 8.91. The molecule has 1 aliphatic carbocycles. The summed E-state index contributed by atoms with van der Waals surface area (Å²) >= 11 is 5.96. The Morgan fingerprint density at radius 1 is 1.11 bits per heavy atom. The van der Waals surface area contributed by atoms with Crippen LogP contribution in [0.25, 0.3) is 0 Å². The standard InChI is InChI=1S/C21H22ClNO4/c1-26-18-10-9-16(22)13-17(18)23-19(24)14-27-20(25)21(11-5-6-12-21)15-7-3-2-4-8-15/h2-4,7-10,13H,5-6,11-12,14H2,1H3,(H,23,24). The van der Waals surface area contributed by atoms with Crippen LogP contribution in [-0.2, 0) is 19.7 Å². The van der Waals surface area contributed by atoms with E-state index in [2.05, 4.69) is 5.32 Å². The Balaban J connectivity index is 1.66. The zero-order valence-electron chi connectivity index (χ0n) is 15.2. The first kappa shape index (κ1) is 19.2. The van der Waals surface area contributed by atoms with Crippen molar-refractivity contribution in [3.8, 4) is 5.75 Å². The van der Waals surface area contributed by atoms with Gasteiger partial charge in [-0.05, 0) is 36.6 Å². The molecule has 0 saturated heterocycles. The van der Waals surface area contributed by atoms with Gasteiger partial charge in [-0.15, -0.1) is 0 Å². The van der Waals surface area contributed by atoms with Gasteiger partial charge in [0, 0.05) is 5.02 Å². The number of ether oxygens (including phenoxy) is 2. The molecule has 2 aromatic carbocycles. The number of anilines is 1. The number of methoxy groups -OCH3 is 1. The van der Waals surface area contributed by atoms with Crippen molar-refractivity contribution in [3.63, 3.8) is 0 Å². The van der Waals surface area contributed by atoms with E-state index < -0.39 is 11.3 Å². The summed E-state index contributed by atoms with van der Waals surface area (Å²) in [6, 6.07) is 14.6. The molecule has 0 unspecified atom stereocenters. The maximum absolute atomic E-state index is 12.9. The molecule has 2 aromatic rings. The van der Waals surface area contributed by atoms with Crippen molar-refractivity contribution in [2.75, 3.05) is 19.0 Å². The summed E-state index contributed by atoms with van der Waals surface area (Å²) in [5.41, 5.74) is 0.726. The number of esters is 1. The number of hydrogen-bond donors (Lipinski definition) is 1. The Kier molecular flexibility index (Phi) is 6.01. The number of hydrogen-bond acceptors (Lipinski definition) is 4. The maximum Gasteiger partial charge on any atom is 0.317 e. The van der Waals surface area contributed by atoms with E-state index in [1.54, 1.807) is 18.2 Å². The summed E-state index contributed by atoms with van der Waals surface area (Å²) < 4.78 is 10.6. The summed E-state index contributed by atoms with van der Waals surface area (Å²) in [5.74, 6) is -0.305. The third-order valence-electron chi connectivity index (χ3n) is 4.94. The van der Waals surface area contributed by atoms with Crippen molar-refractivity contribution in [3.05, 3.63) is 59.1 Å². The number of carbonyl (C=O) groups is 2. The zero-order chi connectivity index (χ0) is 19.3. The lowest BCUT2D eigenvalue weighted by molar-refractivity contribution is -0.153. The van der Waals surface area contributed by atoms with Gasteiger partial charge < -0.3 is 14.8 Å². The number of nitrogens with one attached hydrogen (secondary N) is 1. The van der Waals surface area contributed by atoms with Crippen LogP contribution in [0.15, 0.2) is 48.5 Å². The van der Waals surface area contributed by atoms with Crippen molar-refractivity contribution >= 4 is 29.2 Å². The summed E-state index contributed by atoms with van der Waals surface area (Å²) in [6.45, 7) is -0.358. The largest absolute Gasteiger partial charge is 0.495 e. The molecule has 27 heavy (non-hydrogen) atoms. The normalized spacial score (nSPS) is 15.2. The molecule has 142 valence electrons. The van der Waals surface area contributed by atoms with E-state index in [1.165, 1.54) is 7.11 Å². The number of rotatable bonds is 6. The molecule has 1 aliphatic rings. The van der Waals surface area contributed by atoms with Crippen LogP contribution in [0.3, 0.4) is 0 Å². The van der Waals surface area contributed by atoms with Gasteiger partial charge in [-0.2, -0.15) is 0 Å². The minimum Gasteiger partial charge on any atom is -0.495 e. The summed E-state index contributed by atoms with van der Waals surface area (Å²) in [4.78, 5) is 25.1. The molecule has 0 atom stereocenters. The molecular weight excluding hydrogens is 366 g/mol. The number of halogens is 1. The fourth-order valence-electron chi connectivity index (χ4n) is 3.58. The van der Waals surface area contributed by atoms with E-state index in [9.17, 15) is 9.59 Å². The fraction of sp³-hybridized carbons (Fsp3) is 0.333. The van der Waals surface area contributed by atoms with Gasteiger partial charge >= 0.3 is 5.97 Å². The van der Waals surface area contributed by atoms with E-state index in [0.29, 0.717) is 16.5 Å². The second kappa shape index (κ2) is 8.44. The van der Waals surface area contributed by atoms with Gasteiger partial charge in [0.1, 0.15) is 5.75 Å². The van der Waals surface area contributed by atoms with Crippen molar-refractivity contribution in [2.45, 2.75) is 31.1 Å². The highest BCUT2D eigenvalue weighted by atomic mass is 35.5. The smallest absolute Gasteiger partial charge is 0.317 e. The average Bonchev–Trinajstić information content (AvgIpc) is 3.18. The lowest BCUT2D eigenvalue weighted by atomic mass is 9.79. The van der Waals surface area contributed by atoms with Crippen LogP contribution in [0.2, 0.25) is 5.02 Å². The highest BCUT2D eigenvalue weighted by Crippen LogP contribution is 2.42. The lowest BCUT2D eigenvalue weighted by Crippen LogP contribution is -2.36. The first-order chi connectivity index (χ1) is 13.0. The minimum atomic E-state index is -0.657. The summed E-state index contributed by atoms with van der Waals surface area (Å²) in [7, 11) is 1.50. The Morgan fingerprint density at radius 3 is 2.48 bits per heavy atom. The summed E-state index contributed by atoms with van der Waals surface area (Å²) in [6.07, 6.45) is 3.41. The molecule has 1 fully saturated rings. The second-order valence-electron chi connectivity index (χ2n) is 6.62. The molecule has 1 N–H and O–H groups in total. The van der Waals surface area contributed by atoms with E-state index in [1.807, 2.05) is 30.3 Å². The van der Waals surface area contributed by atoms with Gasteiger partial charge in [0.2, 0.25) is 0 Å². The van der Waals surface area contributed by atoms with E-state index in [4.69, 9.17) is 21.1 Å². The van der Waals surface area contributed by atoms with Crippen LogP contribution in [0.4, 0.5) is 5.69 Å². The minimum absolute atomic E-state index is 0.348. The molecule has 0 aromatic heterocycles. The highest BCUT2D eigenvalue weighted by molar-refractivity contribution is 6.31. The van der Waals surface area contributed by atoms with Gasteiger partial charge in [-0.3, -0.25) is 9.59 Å². The number of carbonyl (C=O) groups excluding carboxylic acids is 2. The Bertz CT molecular complexity index is 816. The molecule has 0 bridgehead atoms. The van der Waals surface area contributed by atoms with Crippen LogP contribution in [0.1, 0.15) is 31.2 Å². The highest BCUT2D eigenvalue weighted by Gasteiger charge is 2.44. The van der Waals surface area contributed by atoms with Gasteiger partial charge in [0.05, 0.1) is 18.2 Å². The van der Waals surface area contributed by atoms with Gasteiger partial charge in [0.15, 0.2) is 6.61 Å². The summed E-state index contributed by atoms with van der Waals surface area (Å²) in [5, 5.41) is 3.14. The quantitative estimate of drug-likeness (QED) is 0.749. The molecule has 1 amide bonds. The monoisotopic (exact) mass is 387 g/mol. The van der Waals surface area contributed by atoms with Crippen LogP contribution in [0.5, 0.6) is 5.75 Å². The van der Waals surface area contributed by atoms with Crippen LogP contribution >= 0.6 is 11.6 Å². The van der Waals surface area contributed by atoms with Crippen molar-refractivity contribution in [2.24, 2.45) is 0 Å². The molecule has 6 heteroatoms. The Labute approximate surface area is 163 Å². The number of benzene rings is 2. The first-order valence-corrected chi connectivity index (χ1v) is 9.29. The van der Waals surface area contributed by atoms with E-state index >= 15 is 0 Å². The predicted octanol–water partition coefficient (Wildman–Crippen LogP) is 4.34. The zero-order valence-corrected chi connectivity index (χ0v) is 15.9. The molecule has 0 radical (unpaired) electrons. The fourth-order valence-corrected chi connectivity index (χ4v) is 3.75. The van der Waals surface area contributed by atoms with Crippen LogP contribution < -0.4 is 10.1 Å². The Morgan fingerprint density at radius 2 is 1.81 bits per heavy atom. The maximum atomic E-state index is 12.9. The molecule has 5 nitrogen and oxygen atoms in total. The lowest BCUT2D eigenvalue weighted by Gasteiger charge is -2.27. The SMILES string of the molecule is COc1ccc(Cl)cc1NC(=O)COC(=O)C1(c2ccccc2)CCCC1. The Hall–Kier alpha value is -2.53.